The zero-order valence-corrected chi connectivity index (χ0v) is 12.0. The lowest BCUT2D eigenvalue weighted by Gasteiger charge is -2.13. The average molecular weight is 275 g/mol. The van der Waals surface area contributed by atoms with Crippen LogP contribution in [0.5, 0.6) is 0 Å². The number of hydrazone groups is 1. The molecule has 0 radical (unpaired) electrons. The smallest absolute Gasteiger partial charge is 0.257 e. The van der Waals surface area contributed by atoms with E-state index in [9.17, 15) is 4.79 Å². The largest absolute Gasteiger partial charge is 0.330 e. The van der Waals surface area contributed by atoms with Crippen molar-refractivity contribution in [3.8, 4) is 0 Å². The third kappa shape index (κ3) is 3.01. The number of nitrogens with zero attached hydrogens (tertiary/aromatic N) is 4. The lowest BCUT2D eigenvalue weighted by atomic mass is 9.95. The number of amides is 1. The zero-order valence-electron chi connectivity index (χ0n) is 12.0. The van der Waals surface area contributed by atoms with Crippen molar-refractivity contribution in [2.75, 3.05) is 11.6 Å². The van der Waals surface area contributed by atoms with Gasteiger partial charge in [-0.05, 0) is 32.7 Å². The molecule has 1 aromatic heterocycles. The molecule has 1 aliphatic rings. The van der Waals surface area contributed by atoms with E-state index < -0.39 is 0 Å². The molecular formula is C14H21N5O. The molecule has 0 fully saturated rings. The number of nitrogens with two attached hydrogens (primary N) is 1. The summed E-state index contributed by atoms with van der Waals surface area (Å²) in [6.45, 7) is 4.55. The van der Waals surface area contributed by atoms with Crippen molar-refractivity contribution in [1.29, 1.82) is 0 Å². The molecule has 0 aliphatic carbocycles. The predicted octanol–water partition coefficient (Wildman–Crippen LogP) is 1.64. The number of hydrogen-bond acceptors (Lipinski definition) is 5. The fourth-order valence-electron chi connectivity index (χ4n) is 2.35. The lowest BCUT2D eigenvalue weighted by molar-refractivity contribution is -0.120. The van der Waals surface area contributed by atoms with Gasteiger partial charge in [-0.3, -0.25) is 4.79 Å². The number of carbonyl (C=O) groups is 1. The first-order valence-electron chi connectivity index (χ1n) is 7.07. The summed E-state index contributed by atoms with van der Waals surface area (Å²) in [6.07, 6.45) is 4.86. The van der Waals surface area contributed by atoms with Gasteiger partial charge in [0, 0.05) is 11.8 Å². The molecule has 6 heteroatoms. The number of carbonyl (C=O) groups excluding carboxylic acids is 1. The van der Waals surface area contributed by atoms with Crippen LogP contribution in [0.25, 0.3) is 0 Å². The number of aryl methyl sites for hydroxylation is 1. The third-order valence-corrected chi connectivity index (χ3v) is 3.35. The molecule has 0 spiro atoms. The van der Waals surface area contributed by atoms with Crippen molar-refractivity contribution in [2.45, 2.75) is 39.5 Å². The molecule has 108 valence electrons. The first-order valence-corrected chi connectivity index (χ1v) is 7.07. The Hall–Kier alpha value is -1.82. The number of rotatable bonds is 6. The highest BCUT2D eigenvalue weighted by molar-refractivity contribution is 6.15. The summed E-state index contributed by atoms with van der Waals surface area (Å²) < 4.78 is 0. The molecule has 0 bridgehead atoms. The third-order valence-electron chi connectivity index (χ3n) is 3.35. The molecule has 2 N–H and O–H groups in total. The van der Waals surface area contributed by atoms with Crippen molar-refractivity contribution in [3.05, 3.63) is 18.1 Å². The summed E-state index contributed by atoms with van der Waals surface area (Å²) >= 11 is 0. The standard InChI is InChI=1S/C14H21N5O/c1-3-5-12-11(6-4-7-15)14(20)19(18-12)13-8-10(2)16-9-17-13/h8-9,11H,3-7,15H2,1-2H3. The quantitative estimate of drug-likeness (QED) is 0.855. The molecular weight excluding hydrogens is 254 g/mol. The highest BCUT2D eigenvalue weighted by atomic mass is 16.2. The van der Waals surface area contributed by atoms with Crippen LogP contribution < -0.4 is 10.7 Å². The molecule has 0 aromatic carbocycles. The Morgan fingerprint density at radius 1 is 1.40 bits per heavy atom. The molecule has 1 amide bonds. The summed E-state index contributed by atoms with van der Waals surface area (Å²) in [5.41, 5.74) is 7.32. The van der Waals surface area contributed by atoms with Crippen molar-refractivity contribution in [3.63, 3.8) is 0 Å². The summed E-state index contributed by atoms with van der Waals surface area (Å²) in [4.78, 5) is 20.7. The van der Waals surface area contributed by atoms with Crippen LogP contribution in [0.2, 0.25) is 0 Å². The topological polar surface area (TPSA) is 84.5 Å². The van der Waals surface area contributed by atoms with E-state index in [1.165, 1.54) is 11.3 Å². The van der Waals surface area contributed by atoms with Gasteiger partial charge in [0.05, 0.1) is 11.6 Å². The van der Waals surface area contributed by atoms with Crippen molar-refractivity contribution in [1.82, 2.24) is 9.97 Å². The second-order valence-corrected chi connectivity index (χ2v) is 4.99. The van der Waals surface area contributed by atoms with Gasteiger partial charge < -0.3 is 5.73 Å². The first-order chi connectivity index (χ1) is 9.67. The summed E-state index contributed by atoms with van der Waals surface area (Å²) in [6, 6.07) is 1.77. The second-order valence-electron chi connectivity index (χ2n) is 4.99. The SMILES string of the molecule is CCCC1=NN(c2cc(C)ncn2)C(=O)C1CCCN. The lowest BCUT2D eigenvalue weighted by Crippen LogP contribution is -2.28. The van der Waals surface area contributed by atoms with Crippen molar-refractivity contribution >= 4 is 17.4 Å². The minimum Gasteiger partial charge on any atom is -0.330 e. The fraction of sp³-hybridized carbons (Fsp3) is 0.571. The molecule has 1 unspecified atom stereocenters. The van der Waals surface area contributed by atoms with Crippen LogP contribution in [-0.2, 0) is 4.79 Å². The van der Waals surface area contributed by atoms with Crippen LogP contribution in [0.3, 0.4) is 0 Å². The summed E-state index contributed by atoms with van der Waals surface area (Å²) in [5, 5.41) is 5.89. The van der Waals surface area contributed by atoms with E-state index in [0.717, 1.165) is 37.1 Å². The van der Waals surface area contributed by atoms with Gasteiger partial charge in [-0.1, -0.05) is 13.3 Å². The van der Waals surface area contributed by atoms with E-state index >= 15 is 0 Å². The van der Waals surface area contributed by atoms with Gasteiger partial charge in [-0.25, -0.2) is 9.97 Å². The van der Waals surface area contributed by atoms with E-state index in [0.29, 0.717) is 12.4 Å². The van der Waals surface area contributed by atoms with Crippen LogP contribution >= 0.6 is 0 Å². The molecule has 0 saturated heterocycles. The Kier molecular flexibility index (Phi) is 4.79. The Balaban J connectivity index is 2.24. The molecule has 2 rings (SSSR count). The maximum atomic E-state index is 12.5. The van der Waals surface area contributed by atoms with Gasteiger partial charge in [0.1, 0.15) is 6.33 Å². The van der Waals surface area contributed by atoms with Crippen LogP contribution in [0.1, 0.15) is 38.3 Å². The highest BCUT2D eigenvalue weighted by Gasteiger charge is 2.36. The van der Waals surface area contributed by atoms with E-state index in [4.69, 9.17) is 5.73 Å². The Morgan fingerprint density at radius 2 is 2.20 bits per heavy atom. The zero-order chi connectivity index (χ0) is 14.5. The van der Waals surface area contributed by atoms with Gasteiger partial charge in [0.2, 0.25) is 0 Å². The van der Waals surface area contributed by atoms with Crippen LogP contribution in [0.4, 0.5) is 5.82 Å². The molecule has 2 heterocycles. The van der Waals surface area contributed by atoms with E-state index in [1.54, 1.807) is 6.07 Å². The number of anilines is 1. The number of hydrogen-bond donors (Lipinski definition) is 1. The van der Waals surface area contributed by atoms with Gasteiger partial charge in [0.25, 0.3) is 5.91 Å². The Bertz CT molecular complexity index is 514. The second kappa shape index (κ2) is 6.56. The molecule has 1 atom stereocenters. The summed E-state index contributed by atoms with van der Waals surface area (Å²) in [7, 11) is 0. The number of aromatic nitrogens is 2. The Labute approximate surface area is 119 Å². The maximum absolute atomic E-state index is 12.5. The molecule has 20 heavy (non-hydrogen) atoms. The average Bonchev–Trinajstić information content (AvgIpc) is 2.74. The normalized spacial score (nSPS) is 18.6. The van der Waals surface area contributed by atoms with Gasteiger partial charge in [-0.2, -0.15) is 10.1 Å². The van der Waals surface area contributed by atoms with Crippen molar-refractivity contribution < 1.29 is 4.79 Å². The molecule has 6 nitrogen and oxygen atoms in total. The minimum absolute atomic E-state index is 0.000000000000000222. The summed E-state index contributed by atoms with van der Waals surface area (Å²) in [5.74, 6) is 0.403. The van der Waals surface area contributed by atoms with Crippen LogP contribution in [-0.4, -0.2) is 28.1 Å². The van der Waals surface area contributed by atoms with Crippen LogP contribution in [0, 0.1) is 12.8 Å². The highest BCUT2D eigenvalue weighted by Crippen LogP contribution is 2.26. The van der Waals surface area contributed by atoms with E-state index in [2.05, 4.69) is 22.0 Å². The fourth-order valence-corrected chi connectivity index (χ4v) is 2.35. The van der Waals surface area contributed by atoms with Gasteiger partial charge >= 0.3 is 0 Å². The Morgan fingerprint density at radius 3 is 2.85 bits per heavy atom. The maximum Gasteiger partial charge on any atom is 0.257 e. The van der Waals surface area contributed by atoms with Crippen molar-refractivity contribution in [2.24, 2.45) is 16.8 Å². The molecule has 1 aromatic rings. The monoisotopic (exact) mass is 275 g/mol. The molecule has 0 saturated carbocycles. The van der Waals surface area contributed by atoms with Gasteiger partial charge in [-0.15, -0.1) is 0 Å². The predicted molar refractivity (Wildman–Crippen MR) is 78.4 cm³/mol. The van der Waals surface area contributed by atoms with E-state index in [-0.39, 0.29) is 11.8 Å². The molecule has 1 aliphatic heterocycles. The van der Waals surface area contributed by atoms with Crippen LogP contribution in [0.15, 0.2) is 17.5 Å². The van der Waals surface area contributed by atoms with E-state index in [1.807, 2.05) is 6.92 Å². The first kappa shape index (κ1) is 14.6. The minimum atomic E-state index is -0.145. The van der Waals surface area contributed by atoms with Gasteiger partial charge in [0.15, 0.2) is 5.82 Å².